The molecule has 2 nitrogen and oxygen atoms in total. The summed E-state index contributed by atoms with van der Waals surface area (Å²) in [6.45, 7) is 4.69. The highest BCUT2D eigenvalue weighted by molar-refractivity contribution is 6.14. The van der Waals surface area contributed by atoms with E-state index >= 15 is 0 Å². The summed E-state index contributed by atoms with van der Waals surface area (Å²) in [5.41, 5.74) is 17.3. The zero-order valence-electron chi connectivity index (χ0n) is 31.1. The lowest BCUT2D eigenvalue weighted by Gasteiger charge is -2.22. The highest BCUT2D eigenvalue weighted by Crippen LogP contribution is 2.49. The molecule has 8 aromatic carbocycles. The third-order valence-corrected chi connectivity index (χ3v) is 11.7. The maximum absolute atomic E-state index is 5.12. The molecule has 262 valence electrons. The van der Waals surface area contributed by atoms with Gasteiger partial charge in [-0.1, -0.05) is 196 Å². The summed E-state index contributed by atoms with van der Waals surface area (Å²) in [5.74, 6) is 0.789. The van der Waals surface area contributed by atoms with Crippen molar-refractivity contribution in [3.63, 3.8) is 0 Å². The second kappa shape index (κ2) is 13.3. The molecule has 2 heteroatoms. The summed E-state index contributed by atoms with van der Waals surface area (Å²) < 4.78 is 0. The lowest BCUT2D eigenvalue weighted by molar-refractivity contribution is 0.660. The van der Waals surface area contributed by atoms with Crippen molar-refractivity contribution >= 4 is 22.3 Å². The molecule has 1 aliphatic carbocycles. The molecule has 0 amide bonds. The van der Waals surface area contributed by atoms with Crippen molar-refractivity contribution in [2.24, 2.45) is 9.98 Å². The van der Waals surface area contributed by atoms with Gasteiger partial charge in [-0.3, -0.25) is 4.99 Å². The molecule has 0 saturated carbocycles. The van der Waals surface area contributed by atoms with Crippen LogP contribution in [0.2, 0.25) is 0 Å². The quantitative estimate of drug-likeness (QED) is 0.165. The molecule has 0 radical (unpaired) electrons. The summed E-state index contributed by atoms with van der Waals surface area (Å²) in [7, 11) is 0. The zero-order chi connectivity index (χ0) is 36.9. The van der Waals surface area contributed by atoms with Crippen LogP contribution in [-0.2, 0) is 5.41 Å². The SMILES string of the molecule is CC1(C)c2ccccc2-c2ccc(-c3ccc(-c4ccc(-c5ccc(C6=NC(c7ccccc7)=N[C@@H](c7ccccc7)C6)cc5)c5ccccc45)cc3)cc21. The van der Waals surface area contributed by atoms with Gasteiger partial charge in [0, 0.05) is 17.4 Å². The van der Waals surface area contributed by atoms with E-state index in [9.17, 15) is 0 Å². The minimum atomic E-state index is -0.0148. The van der Waals surface area contributed by atoms with E-state index in [1.165, 1.54) is 72.0 Å². The van der Waals surface area contributed by atoms with Crippen molar-refractivity contribution < 1.29 is 0 Å². The van der Waals surface area contributed by atoms with Gasteiger partial charge in [-0.15, -0.1) is 0 Å². The Kier molecular flexibility index (Phi) is 7.99. The number of amidine groups is 1. The number of hydrogen-bond acceptors (Lipinski definition) is 2. The Morgan fingerprint density at radius 2 is 0.927 bits per heavy atom. The van der Waals surface area contributed by atoms with Gasteiger partial charge < -0.3 is 0 Å². The molecule has 0 unspecified atom stereocenters. The molecule has 2 aliphatic rings. The molecule has 1 atom stereocenters. The normalized spacial score (nSPS) is 15.6. The van der Waals surface area contributed by atoms with Crippen LogP contribution in [0.25, 0.3) is 55.3 Å². The molecule has 0 spiro atoms. The summed E-state index contributed by atoms with van der Waals surface area (Å²) >= 11 is 0. The Morgan fingerprint density at radius 1 is 0.418 bits per heavy atom. The monoisotopic (exact) mass is 704 g/mol. The van der Waals surface area contributed by atoms with Crippen LogP contribution < -0.4 is 0 Å². The summed E-state index contributed by atoms with van der Waals surface area (Å²) in [6, 6.07) is 68.1. The van der Waals surface area contributed by atoms with Gasteiger partial charge in [-0.05, 0) is 83.6 Å². The summed E-state index contributed by atoms with van der Waals surface area (Å²) in [5, 5.41) is 2.50. The van der Waals surface area contributed by atoms with Gasteiger partial charge in [0.2, 0.25) is 0 Å². The topological polar surface area (TPSA) is 24.7 Å². The van der Waals surface area contributed by atoms with Crippen LogP contribution in [0.1, 0.15) is 54.1 Å². The second-order valence-electron chi connectivity index (χ2n) is 15.3. The van der Waals surface area contributed by atoms with E-state index in [1.54, 1.807) is 0 Å². The number of nitrogens with zero attached hydrogens (tertiary/aromatic N) is 2. The largest absolute Gasteiger partial charge is 0.258 e. The molecule has 55 heavy (non-hydrogen) atoms. The van der Waals surface area contributed by atoms with Crippen molar-refractivity contribution in [3.05, 3.63) is 216 Å². The van der Waals surface area contributed by atoms with Gasteiger partial charge in [-0.2, -0.15) is 0 Å². The fourth-order valence-corrected chi connectivity index (χ4v) is 8.73. The fraction of sp³-hybridized carbons (Fsp3) is 0.0943. The van der Waals surface area contributed by atoms with Crippen molar-refractivity contribution in [1.29, 1.82) is 0 Å². The molecule has 8 aromatic rings. The van der Waals surface area contributed by atoms with Crippen LogP contribution in [0, 0.1) is 0 Å². The molecule has 0 saturated heterocycles. The van der Waals surface area contributed by atoms with Gasteiger partial charge in [0.15, 0.2) is 5.84 Å². The Hall–Kier alpha value is -6.64. The van der Waals surface area contributed by atoms with E-state index in [4.69, 9.17) is 9.98 Å². The van der Waals surface area contributed by atoms with Crippen molar-refractivity contribution in [2.75, 3.05) is 0 Å². The van der Waals surface area contributed by atoms with E-state index in [1.807, 2.05) is 18.2 Å². The zero-order valence-corrected chi connectivity index (χ0v) is 31.1. The fourth-order valence-electron chi connectivity index (χ4n) is 8.73. The first-order chi connectivity index (χ1) is 27.0. The van der Waals surface area contributed by atoms with Crippen LogP contribution in [0.4, 0.5) is 0 Å². The van der Waals surface area contributed by atoms with Crippen LogP contribution in [0.15, 0.2) is 198 Å². The van der Waals surface area contributed by atoms with E-state index in [0.717, 1.165) is 29.1 Å². The number of hydrogen-bond donors (Lipinski definition) is 0. The van der Waals surface area contributed by atoms with E-state index in [-0.39, 0.29) is 11.5 Å². The molecule has 0 aromatic heterocycles. The summed E-state index contributed by atoms with van der Waals surface area (Å²) in [6.07, 6.45) is 0.759. The Morgan fingerprint density at radius 3 is 1.60 bits per heavy atom. The highest BCUT2D eigenvalue weighted by Gasteiger charge is 2.35. The van der Waals surface area contributed by atoms with Crippen molar-refractivity contribution in [1.82, 2.24) is 0 Å². The van der Waals surface area contributed by atoms with E-state index < -0.39 is 0 Å². The van der Waals surface area contributed by atoms with E-state index in [0.29, 0.717) is 0 Å². The third-order valence-electron chi connectivity index (χ3n) is 11.7. The molecule has 1 aliphatic heterocycles. The van der Waals surface area contributed by atoms with Crippen molar-refractivity contribution in [3.8, 4) is 44.5 Å². The third kappa shape index (κ3) is 5.82. The van der Waals surface area contributed by atoms with Crippen LogP contribution in [0.3, 0.4) is 0 Å². The molecule has 1 heterocycles. The summed E-state index contributed by atoms with van der Waals surface area (Å²) in [4.78, 5) is 10.2. The first-order valence-electron chi connectivity index (χ1n) is 19.2. The number of fused-ring (bicyclic) bond motifs is 4. The standard InChI is InChI=1S/C53H40N2/c1-53(2)48-20-12-11-19-46(48)47-30-29-41(33-49(47)53)35-21-23-36(24-22-35)42-31-32-43(45-18-10-9-17-44(42)45)37-25-27-39(28-26-37)51-34-50(38-13-5-3-6-14-38)54-52(55-51)40-15-7-4-8-16-40/h3-33,50H,34H2,1-2H3/t50-/m1/s1. The number of rotatable bonds is 6. The number of aliphatic imine (C=N–C) groups is 2. The average Bonchev–Trinajstić information content (AvgIpc) is 3.49. The Balaban J connectivity index is 0.949. The smallest absolute Gasteiger partial charge is 0.155 e. The molecule has 10 rings (SSSR count). The van der Waals surface area contributed by atoms with Crippen molar-refractivity contribution in [2.45, 2.75) is 31.7 Å². The van der Waals surface area contributed by atoms with Gasteiger partial charge in [0.25, 0.3) is 0 Å². The second-order valence-corrected chi connectivity index (χ2v) is 15.3. The lowest BCUT2D eigenvalue weighted by Crippen LogP contribution is -2.17. The average molecular weight is 705 g/mol. The predicted molar refractivity (Wildman–Crippen MR) is 231 cm³/mol. The van der Waals surface area contributed by atoms with E-state index in [2.05, 4.69) is 184 Å². The lowest BCUT2D eigenvalue weighted by atomic mass is 9.81. The molecule has 0 N–H and O–H groups in total. The Labute approximate surface area is 323 Å². The maximum atomic E-state index is 5.12. The van der Waals surface area contributed by atoms with Gasteiger partial charge in [-0.25, -0.2) is 4.99 Å². The molecular weight excluding hydrogens is 665 g/mol. The van der Waals surface area contributed by atoms with Crippen LogP contribution in [0.5, 0.6) is 0 Å². The van der Waals surface area contributed by atoms with Crippen LogP contribution >= 0.6 is 0 Å². The molecule has 0 fully saturated rings. The van der Waals surface area contributed by atoms with Gasteiger partial charge in [0.05, 0.1) is 11.8 Å². The minimum Gasteiger partial charge on any atom is -0.258 e. The maximum Gasteiger partial charge on any atom is 0.155 e. The highest BCUT2D eigenvalue weighted by atomic mass is 15.0. The minimum absolute atomic E-state index is 0.0148. The van der Waals surface area contributed by atoms with Gasteiger partial charge >= 0.3 is 0 Å². The van der Waals surface area contributed by atoms with Gasteiger partial charge in [0.1, 0.15) is 0 Å². The molecule has 0 bridgehead atoms. The first-order valence-corrected chi connectivity index (χ1v) is 19.2. The molecular formula is C53H40N2. The number of benzene rings is 8. The predicted octanol–water partition coefficient (Wildman–Crippen LogP) is 13.5. The van der Waals surface area contributed by atoms with Crippen LogP contribution in [-0.4, -0.2) is 11.5 Å². The first kappa shape index (κ1) is 33.0. The Bertz CT molecular complexity index is 2770.